The van der Waals surface area contributed by atoms with Crippen molar-refractivity contribution >= 4 is 28.3 Å². The Morgan fingerprint density at radius 1 is 1.12 bits per heavy atom. The number of nitrogens with zero attached hydrogens (tertiary/aromatic N) is 4. The highest BCUT2D eigenvalue weighted by Crippen LogP contribution is 2.36. The van der Waals surface area contributed by atoms with E-state index in [1.165, 1.54) is 11.3 Å². The van der Waals surface area contributed by atoms with Gasteiger partial charge in [0.1, 0.15) is 11.1 Å². The van der Waals surface area contributed by atoms with E-state index in [4.69, 9.17) is 4.74 Å². The van der Waals surface area contributed by atoms with Crippen molar-refractivity contribution in [2.45, 2.75) is 32.2 Å². The SMILES string of the molecule is N#Cc1c(NC(=O)CCc2ccccn2)sc2c1CCN(C(=O)OCCc1ccccn1)C2. The maximum atomic E-state index is 12.5. The van der Waals surface area contributed by atoms with Crippen molar-refractivity contribution in [1.82, 2.24) is 14.9 Å². The van der Waals surface area contributed by atoms with Crippen molar-refractivity contribution in [1.29, 1.82) is 5.26 Å². The maximum absolute atomic E-state index is 12.5. The van der Waals surface area contributed by atoms with Crippen LogP contribution in [0.2, 0.25) is 0 Å². The molecule has 0 bridgehead atoms. The van der Waals surface area contributed by atoms with Crippen LogP contribution in [0.25, 0.3) is 0 Å². The second-order valence-electron chi connectivity index (χ2n) is 7.55. The summed E-state index contributed by atoms with van der Waals surface area (Å²) in [5, 5.41) is 13.1. The first-order chi connectivity index (χ1) is 16.1. The quantitative estimate of drug-likeness (QED) is 0.575. The van der Waals surface area contributed by atoms with Crippen LogP contribution in [0.1, 0.15) is 33.8 Å². The van der Waals surface area contributed by atoms with Gasteiger partial charge >= 0.3 is 6.09 Å². The predicted molar refractivity (Wildman–Crippen MR) is 124 cm³/mol. The minimum Gasteiger partial charge on any atom is -0.449 e. The molecule has 33 heavy (non-hydrogen) atoms. The summed E-state index contributed by atoms with van der Waals surface area (Å²) in [5.74, 6) is -0.165. The molecule has 2 amide bonds. The third kappa shape index (κ3) is 5.73. The number of anilines is 1. The lowest BCUT2D eigenvalue weighted by Crippen LogP contribution is -2.36. The maximum Gasteiger partial charge on any atom is 0.410 e. The molecule has 4 heterocycles. The average molecular weight is 462 g/mol. The molecule has 4 rings (SSSR count). The molecule has 3 aromatic heterocycles. The second-order valence-corrected chi connectivity index (χ2v) is 8.65. The van der Waals surface area contributed by atoms with Crippen LogP contribution in [0.15, 0.2) is 48.8 Å². The van der Waals surface area contributed by atoms with E-state index in [-0.39, 0.29) is 25.0 Å². The Morgan fingerprint density at radius 2 is 1.85 bits per heavy atom. The Morgan fingerprint density at radius 3 is 2.52 bits per heavy atom. The lowest BCUT2D eigenvalue weighted by atomic mass is 10.0. The number of aromatic nitrogens is 2. The van der Waals surface area contributed by atoms with Gasteiger partial charge in [-0.3, -0.25) is 14.8 Å². The van der Waals surface area contributed by atoms with E-state index in [1.807, 2.05) is 36.4 Å². The van der Waals surface area contributed by atoms with Gasteiger partial charge < -0.3 is 15.0 Å². The number of carbonyl (C=O) groups is 2. The predicted octanol–water partition coefficient (Wildman–Crippen LogP) is 3.72. The fraction of sp³-hybridized carbons (Fsp3) is 0.292. The van der Waals surface area contributed by atoms with E-state index in [0.717, 1.165) is 21.8 Å². The largest absolute Gasteiger partial charge is 0.449 e. The number of carbonyl (C=O) groups excluding carboxylic acids is 2. The van der Waals surface area contributed by atoms with Gasteiger partial charge in [0.2, 0.25) is 5.91 Å². The smallest absolute Gasteiger partial charge is 0.410 e. The fourth-order valence-corrected chi connectivity index (χ4v) is 4.85. The molecule has 168 valence electrons. The molecule has 1 N–H and O–H groups in total. The number of hydrogen-bond acceptors (Lipinski definition) is 7. The topological polar surface area (TPSA) is 108 Å². The third-order valence-corrected chi connectivity index (χ3v) is 6.46. The van der Waals surface area contributed by atoms with Crippen molar-refractivity contribution in [2.24, 2.45) is 0 Å². The highest BCUT2D eigenvalue weighted by molar-refractivity contribution is 7.16. The van der Waals surface area contributed by atoms with Crippen LogP contribution < -0.4 is 5.32 Å². The van der Waals surface area contributed by atoms with Gasteiger partial charge in [0, 0.05) is 48.0 Å². The molecular formula is C24H23N5O3S. The Bertz CT molecular complexity index is 1160. The molecule has 0 saturated heterocycles. The third-order valence-electron chi connectivity index (χ3n) is 5.32. The molecule has 9 heteroatoms. The van der Waals surface area contributed by atoms with Gasteiger partial charge in [0.05, 0.1) is 18.7 Å². The van der Waals surface area contributed by atoms with E-state index < -0.39 is 0 Å². The number of nitriles is 1. The lowest BCUT2D eigenvalue weighted by Gasteiger charge is -2.26. The molecule has 8 nitrogen and oxygen atoms in total. The summed E-state index contributed by atoms with van der Waals surface area (Å²) >= 11 is 1.35. The minimum atomic E-state index is -0.385. The van der Waals surface area contributed by atoms with Crippen LogP contribution in [-0.2, 0) is 35.3 Å². The minimum absolute atomic E-state index is 0.165. The van der Waals surface area contributed by atoms with E-state index in [0.29, 0.717) is 42.9 Å². The summed E-state index contributed by atoms with van der Waals surface area (Å²) in [6, 6.07) is 13.4. The number of ether oxygens (including phenoxy) is 1. The zero-order chi connectivity index (χ0) is 23.0. The molecule has 1 aliphatic rings. The van der Waals surface area contributed by atoms with Gasteiger partial charge in [-0.05, 0) is 42.7 Å². The van der Waals surface area contributed by atoms with E-state index in [9.17, 15) is 14.9 Å². The number of nitrogens with one attached hydrogen (secondary N) is 1. The summed E-state index contributed by atoms with van der Waals surface area (Å²) in [4.78, 5) is 35.9. The van der Waals surface area contributed by atoms with E-state index in [2.05, 4.69) is 21.4 Å². The second kappa shape index (κ2) is 10.7. The zero-order valence-corrected chi connectivity index (χ0v) is 18.8. The van der Waals surface area contributed by atoms with Crippen LogP contribution in [-0.4, -0.2) is 40.0 Å². The molecule has 0 spiro atoms. The Kier molecular flexibility index (Phi) is 7.27. The lowest BCUT2D eigenvalue weighted by molar-refractivity contribution is -0.116. The van der Waals surface area contributed by atoms with Crippen LogP contribution in [0.5, 0.6) is 0 Å². The van der Waals surface area contributed by atoms with Crippen LogP contribution in [0, 0.1) is 11.3 Å². The summed E-state index contributed by atoms with van der Waals surface area (Å²) < 4.78 is 5.41. The number of rotatable bonds is 7. The first kappa shape index (κ1) is 22.4. The number of thiophene rings is 1. The van der Waals surface area contributed by atoms with Crippen LogP contribution in [0.3, 0.4) is 0 Å². The zero-order valence-electron chi connectivity index (χ0n) is 18.0. The van der Waals surface area contributed by atoms with Crippen LogP contribution in [0.4, 0.5) is 9.80 Å². The fourth-order valence-electron chi connectivity index (χ4n) is 3.62. The first-order valence-electron chi connectivity index (χ1n) is 10.7. The number of aryl methyl sites for hydroxylation is 1. The molecule has 0 fully saturated rings. The number of amides is 2. The molecule has 1 aliphatic heterocycles. The van der Waals surface area contributed by atoms with Gasteiger partial charge in [0.25, 0.3) is 0 Å². The number of pyridine rings is 2. The molecule has 3 aromatic rings. The highest BCUT2D eigenvalue weighted by Gasteiger charge is 2.28. The summed E-state index contributed by atoms with van der Waals surface area (Å²) in [7, 11) is 0. The molecular weight excluding hydrogens is 438 g/mol. The highest BCUT2D eigenvalue weighted by atomic mass is 32.1. The van der Waals surface area contributed by atoms with Crippen molar-refractivity contribution in [3.05, 3.63) is 76.2 Å². The van der Waals surface area contributed by atoms with Gasteiger partial charge in [-0.15, -0.1) is 11.3 Å². The van der Waals surface area contributed by atoms with Gasteiger partial charge in [-0.1, -0.05) is 12.1 Å². The molecule has 0 unspecified atom stereocenters. The number of hydrogen-bond donors (Lipinski definition) is 1. The van der Waals surface area contributed by atoms with E-state index >= 15 is 0 Å². The Labute approximate surface area is 195 Å². The van der Waals surface area contributed by atoms with Crippen molar-refractivity contribution < 1.29 is 14.3 Å². The Hall–Kier alpha value is -3.77. The normalized spacial score (nSPS) is 12.5. The van der Waals surface area contributed by atoms with Gasteiger partial charge in [-0.2, -0.15) is 5.26 Å². The molecule has 0 saturated carbocycles. The van der Waals surface area contributed by atoms with Crippen molar-refractivity contribution in [3.8, 4) is 6.07 Å². The monoisotopic (exact) mass is 461 g/mol. The molecule has 0 aromatic carbocycles. The summed E-state index contributed by atoms with van der Waals surface area (Å²) in [6.07, 6.45) is 4.93. The first-order valence-corrected chi connectivity index (χ1v) is 11.5. The van der Waals surface area contributed by atoms with E-state index in [1.54, 1.807) is 17.3 Å². The number of fused-ring (bicyclic) bond motifs is 1. The van der Waals surface area contributed by atoms with Crippen molar-refractivity contribution in [3.63, 3.8) is 0 Å². The molecule has 0 atom stereocenters. The Balaban J connectivity index is 1.33. The van der Waals surface area contributed by atoms with Gasteiger partial charge in [0.15, 0.2) is 0 Å². The van der Waals surface area contributed by atoms with Crippen molar-refractivity contribution in [2.75, 3.05) is 18.5 Å². The molecule has 0 aliphatic carbocycles. The molecule has 0 radical (unpaired) electrons. The van der Waals surface area contributed by atoms with Crippen LogP contribution >= 0.6 is 11.3 Å². The van der Waals surface area contributed by atoms with Gasteiger partial charge in [-0.25, -0.2) is 4.79 Å². The average Bonchev–Trinajstić information content (AvgIpc) is 3.20. The standard InChI is InChI=1S/C24H23N5O3S/c25-15-20-19-9-13-29(24(31)32-14-10-18-6-2-4-12-27-18)16-21(19)33-23(20)28-22(30)8-7-17-5-1-3-11-26-17/h1-6,11-12H,7-10,13-14,16H2,(H,28,30). The summed E-state index contributed by atoms with van der Waals surface area (Å²) in [5.41, 5.74) is 3.10. The summed E-state index contributed by atoms with van der Waals surface area (Å²) in [6.45, 7) is 1.08.